The van der Waals surface area contributed by atoms with Gasteiger partial charge in [-0.3, -0.25) is 9.59 Å². The number of nitrogens with zero attached hydrogens (tertiary/aromatic N) is 1. The molecule has 3 unspecified atom stereocenters. The van der Waals surface area contributed by atoms with Crippen LogP contribution in [0.2, 0.25) is 0 Å². The SMILES string of the molecule is C=CC(=O)NC1CC2CCN(S(=O)(=O)c3ccc(C(=O)NCCc4ccc5ccccc5c4)cc3)CC2O1. The maximum Gasteiger partial charge on any atom is 0.251 e. The van der Waals surface area contributed by atoms with E-state index in [-0.39, 0.29) is 35.3 Å². The van der Waals surface area contributed by atoms with E-state index >= 15 is 0 Å². The lowest BCUT2D eigenvalue weighted by Gasteiger charge is -2.33. The zero-order valence-corrected chi connectivity index (χ0v) is 21.8. The first kappa shape index (κ1) is 26.1. The molecule has 2 saturated heterocycles. The fourth-order valence-electron chi connectivity index (χ4n) is 5.17. The highest BCUT2D eigenvalue weighted by atomic mass is 32.2. The number of amides is 2. The van der Waals surface area contributed by atoms with Gasteiger partial charge in [0, 0.05) is 25.2 Å². The highest BCUT2D eigenvalue weighted by Gasteiger charge is 2.42. The molecule has 2 amide bonds. The Balaban J connectivity index is 1.15. The molecule has 2 heterocycles. The van der Waals surface area contributed by atoms with Gasteiger partial charge in [0.05, 0.1) is 11.0 Å². The molecule has 9 heteroatoms. The lowest BCUT2D eigenvalue weighted by atomic mass is 9.94. The van der Waals surface area contributed by atoms with Crippen LogP contribution in [-0.2, 0) is 26.0 Å². The number of ether oxygens (including phenoxy) is 1. The Labute approximate surface area is 222 Å². The van der Waals surface area contributed by atoms with Crippen molar-refractivity contribution in [1.82, 2.24) is 14.9 Å². The number of benzene rings is 3. The fraction of sp³-hybridized carbons (Fsp3) is 0.310. The summed E-state index contributed by atoms with van der Waals surface area (Å²) in [5.74, 6) is -0.365. The first-order valence-electron chi connectivity index (χ1n) is 12.8. The van der Waals surface area contributed by atoms with Crippen LogP contribution in [-0.4, -0.2) is 56.5 Å². The molecule has 0 saturated carbocycles. The Hall–Kier alpha value is -3.53. The quantitative estimate of drug-likeness (QED) is 0.433. The molecule has 0 spiro atoms. The molecule has 0 aliphatic carbocycles. The van der Waals surface area contributed by atoms with Gasteiger partial charge < -0.3 is 15.4 Å². The summed E-state index contributed by atoms with van der Waals surface area (Å²) in [5, 5.41) is 7.99. The van der Waals surface area contributed by atoms with Gasteiger partial charge in [-0.2, -0.15) is 4.31 Å². The molecule has 38 heavy (non-hydrogen) atoms. The zero-order chi connectivity index (χ0) is 26.7. The van der Waals surface area contributed by atoms with E-state index in [0.29, 0.717) is 37.9 Å². The van der Waals surface area contributed by atoms with E-state index in [9.17, 15) is 18.0 Å². The van der Waals surface area contributed by atoms with E-state index in [1.807, 2.05) is 12.1 Å². The standard InChI is InChI=1S/C29H31N3O5S/c1-2-27(33)31-28-18-24-14-16-32(19-26(24)37-28)38(35,36)25-11-9-22(10-12-25)29(34)30-15-13-20-7-8-21-5-3-4-6-23(21)17-20/h2-12,17,24,26,28H,1,13-16,18-19H2,(H,30,34)(H,31,33). The molecule has 2 fully saturated rings. The van der Waals surface area contributed by atoms with Crippen LogP contribution in [0.25, 0.3) is 10.8 Å². The smallest absolute Gasteiger partial charge is 0.251 e. The van der Waals surface area contributed by atoms with Crippen molar-refractivity contribution in [2.75, 3.05) is 19.6 Å². The summed E-state index contributed by atoms with van der Waals surface area (Å²) >= 11 is 0. The largest absolute Gasteiger partial charge is 0.354 e. The monoisotopic (exact) mass is 533 g/mol. The summed E-state index contributed by atoms with van der Waals surface area (Å²) in [6.07, 6.45) is 2.49. The minimum Gasteiger partial charge on any atom is -0.354 e. The number of carbonyl (C=O) groups excluding carboxylic acids is 2. The average molecular weight is 534 g/mol. The maximum absolute atomic E-state index is 13.3. The number of piperidine rings is 1. The number of rotatable bonds is 8. The number of fused-ring (bicyclic) bond motifs is 2. The number of nitrogens with one attached hydrogen (secondary N) is 2. The van der Waals surface area contributed by atoms with Crippen LogP contribution in [0.3, 0.4) is 0 Å². The van der Waals surface area contributed by atoms with Crippen molar-refractivity contribution in [3.63, 3.8) is 0 Å². The molecule has 0 radical (unpaired) electrons. The van der Waals surface area contributed by atoms with Gasteiger partial charge in [0.25, 0.3) is 5.91 Å². The summed E-state index contributed by atoms with van der Waals surface area (Å²) in [7, 11) is -3.74. The third-order valence-corrected chi connectivity index (χ3v) is 9.15. The van der Waals surface area contributed by atoms with E-state index in [0.717, 1.165) is 10.9 Å². The van der Waals surface area contributed by atoms with Gasteiger partial charge >= 0.3 is 0 Å². The van der Waals surface area contributed by atoms with Gasteiger partial charge in [-0.05, 0) is 71.9 Å². The van der Waals surface area contributed by atoms with Gasteiger partial charge in [0.2, 0.25) is 15.9 Å². The summed E-state index contributed by atoms with van der Waals surface area (Å²) in [6, 6.07) is 20.4. The van der Waals surface area contributed by atoms with Gasteiger partial charge in [0.15, 0.2) is 0 Å². The van der Waals surface area contributed by atoms with Crippen LogP contribution < -0.4 is 10.6 Å². The van der Waals surface area contributed by atoms with Crippen LogP contribution in [0, 0.1) is 5.92 Å². The highest BCUT2D eigenvalue weighted by Crippen LogP contribution is 2.34. The summed E-state index contributed by atoms with van der Waals surface area (Å²) in [5.41, 5.74) is 1.54. The van der Waals surface area contributed by atoms with Crippen molar-refractivity contribution in [2.24, 2.45) is 5.92 Å². The minimum atomic E-state index is -3.74. The molecule has 3 aromatic rings. The minimum absolute atomic E-state index is 0.137. The summed E-state index contributed by atoms with van der Waals surface area (Å²) in [6.45, 7) is 4.53. The predicted molar refractivity (Wildman–Crippen MR) is 145 cm³/mol. The molecule has 0 aromatic heterocycles. The second-order valence-corrected chi connectivity index (χ2v) is 11.7. The first-order valence-corrected chi connectivity index (χ1v) is 14.2. The van der Waals surface area contributed by atoms with Crippen molar-refractivity contribution >= 4 is 32.6 Å². The average Bonchev–Trinajstić information content (AvgIpc) is 3.34. The van der Waals surface area contributed by atoms with Crippen molar-refractivity contribution < 1.29 is 22.7 Å². The molecular formula is C29H31N3O5S. The molecule has 3 aromatic carbocycles. The predicted octanol–water partition coefficient (Wildman–Crippen LogP) is 3.24. The molecule has 198 valence electrons. The van der Waals surface area contributed by atoms with E-state index < -0.39 is 16.3 Å². The van der Waals surface area contributed by atoms with Crippen LogP contribution in [0.4, 0.5) is 0 Å². The molecule has 2 aliphatic rings. The van der Waals surface area contributed by atoms with Gasteiger partial charge in [-0.1, -0.05) is 49.0 Å². The first-order chi connectivity index (χ1) is 18.3. The second kappa shape index (κ2) is 11.1. The molecule has 5 rings (SSSR count). The summed E-state index contributed by atoms with van der Waals surface area (Å²) < 4.78 is 33.9. The Morgan fingerprint density at radius 1 is 1.05 bits per heavy atom. The van der Waals surface area contributed by atoms with E-state index in [2.05, 4.69) is 47.5 Å². The fourth-order valence-corrected chi connectivity index (χ4v) is 6.64. The maximum atomic E-state index is 13.3. The summed E-state index contributed by atoms with van der Waals surface area (Å²) in [4.78, 5) is 24.4. The molecule has 2 aliphatic heterocycles. The second-order valence-electron chi connectivity index (χ2n) is 9.74. The number of hydrogen-bond donors (Lipinski definition) is 2. The number of sulfonamides is 1. The van der Waals surface area contributed by atoms with E-state index in [4.69, 9.17) is 4.74 Å². The molecule has 2 N–H and O–H groups in total. The van der Waals surface area contributed by atoms with Crippen LogP contribution in [0.1, 0.15) is 28.8 Å². The Kier molecular flexibility index (Phi) is 7.60. The molecular weight excluding hydrogens is 502 g/mol. The Morgan fingerprint density at radius 3 is 2.58 bits per heavy atom. The third kappa shape index (κ3) is 5.65. The van der Waals surface area contributed by atoms with Crippen molar-refractivity contribution in [2.45, 2.75) is 36.5 Å². The van der Waals surface area contributed by atoms with Crippen molar-refractivity contribution in [3.8, 4) is 0 Å². The van der Waals surface area contributed by atoms with Gasteiger partial charge in [0.1, 0.15) is 6.23 Å². The zero-order valence-electron chi connectivity index (χ0n) is 21.0. The Morgan fingerprint density at radius 2 is 1.82 bits per heavy atom. The highest BCUT2D eigenvalue weighted by molar-refractivity contribution is 7.89. The third-order valence-electron chi connectivity index (χ3n) is 7.27. The normalized spacial score (nSPS) is 21.5. The van der Waals surface area contributed by atoms with Gasteiger partial charge in [-0.15, -0.1) is 0 Å². The van der Waals surface area contributed by atoms with E-state index in [1.54, 1.807) is 0 Å². The van der Waals surface area contributed by atoms with Crippen molar-refractivity contribution in [3.05, 3.63) is 90.5 Å². The van der Waals surface area contributed by atoms with E-state index in [1.165, 1.54) is 40.0 Å². The van der Waals surface area contributed by atoms with Crippen molar-refractivity contribution in [1.29, 1.82) is 0 Å². The Bertz CT molecular complexity index is 1450. The van der Waals surface area contributed by atoms with Crippen LogP contribution in [0.15, 0.2) is 84.3 Å². The molecule has 0 bridgehead atoms. The number of carbonyl (C=O) groups is 2. The lowest BCUT2D eigenvalue weighted by Crippen LogP contribution is -2.45. The number of hydrogen-bond acceptors (Lipinski definition) is 5. The van der Waals surface area contributed by atoms with Crippen LogP contribution >= 0.6 is 0 Å². The molecule has 3 atom stereocenters. The van der Waals surface area contributed by atoms with Crippen LogP contribution in [0.5, 0.6) is 0 Å². The molecule has 8 nitrogen and oxygen atoms in total. The topological polar surface area (TPSA) is 105 Å². The lowest BCUT2D eigenvalue weighted by molar-refractivity contribution is -0.120. The van der Waals surface area contributed by atoms with Gasteiger partial charge in [-0.25, -0.2) is 8.42 Å².